The molecule has 0 atom stereocenters. The van der Waals surface area contributed by atoms with Crippen LogP contribution in [-0.2, 0) is 10.0 Å². The van der Waals surface area contributed by atoms with Gasteiger partial charge in [-0.25, -0.2) is 17.9 Å². The Balaban J connectivity index is 2.36. The van der Waals surface area contributed by atoms with Crippen molar-refractivity contribution in [3.05, 3.63) is 27.7 Å². The van der Waals surface area contributed by atoms with Gasteiger partial charge in [-0.05, 0) is 50.6 Å². The number of aromatic carboxylic acids is 1. The van der Waals surface area contributed by atoms with Gasteiger partial charge in [0.15, 0.2) is 0 Å². The van der Waals surface area contributed by atoms with Crippen LogP contribution in [0.1, 0.15) is 28.8 Å². The highest BCUT2D eigenvalue weighted by atomic mass is 79.9. The van der Waals surface area contributed by atoms with Gasteiger partial charge in [-0.1, -0.05) is 15.9 Å². The van der Waals surface area contributed by atoms with E-state index in [-0.39, 0.29) is 16.5 Å². The van der Waals surface area contributed by atoms with Crippen molar-refractivity contribution in [3.8, 4) is 0 Å². The zero-order valence-corrected chi connectivity index (χ0v) is 13.9. The van der Waals surface area contributed by atoms with Gasteiger partial charge in [-0.2, -0.15) is 0 Å². The maximum absolute atomic E-state index is 12.5. The molecule has 1 fully saturated rings. The van der Waals surface area contributed by atoms with E-state index in [2.05, 4.69) is 26.0 Å². The Morgan fingerprint density at radius 1 is 1.38 bits per heavy atom. The summed E-state index contributed by atoms with van der Waals surface area (Å²) in [5.74, 6) is -1.16. The lowest BCUT2D eigenvalue weighted by atomic mass is 10.1. The topological polar surface area (TPSA) is 95.5 Å². The highest BCUT2D eigenvalue weighted by Gasteiger charge is 2.25. The number of sulfonamides is 1. The number of benzene rings is 1. The van der Waals surface area contributed by atoms with Gasteiger partial charge >= 0.3 is 5.97 Å². The van der Waals surface area contributed by atoms with Crippen molar-refractivity contribution < 1.29 is 18.3 Å². The number of carbonyl (C=O) groups is 1. The number of halogens is 1. The van der Waals surface area contributed by atoms with Crippen LogP contribution in [0.25, 0.3) is 0 Å². The zero-order valence-electron chi connectivity index (χ0n) is 11.5. The molecule has 0 saturated carbocycles. The normalized spacial score (nSPS) is 16.9. The molecule has 0 aromatic heterocycles. The smallest absolute Gasteiger partial charge is 0.335 e. The molecule has 0 radical (unpaired) electrons. The molecule has 2 rings (SSSR count). The molecule has 1 aromatic rings. The first-order valence-electron chi connectivity index (χ1n) is 6.58. The molecular weight excluding hydrogens is 360 g/mol. The zero-order chi connectivity index (χ0) is 15.6. The molecular formula is C13H17BrN2O4S. The molecule has 3 N–H and O–H groups in total. The van der Waals surface area contributed by atoms with Gasteiger partial charge < -0.3 is 10.4 Å². The summed E-state index contributed by atoms with van der Waals surface area (Å²) in [5, 5.41) is 12.2. The lowest BCUT2D eigenvalue weighted by molar-refractivity contribution is 0.0696. The fourth-order valence-electron chi connectivity index (χ4n) is 2.28. The third-order valence-electron chi connectivity index (χ3n) is 3.49. The van der Waals surface area contributed by atoms with Crippen LogP contribution < -0.4 is 10.0 Å². The predicted molar refractivity (Wildman–Crippen MR) is 82.1 cm³/mol. The maximum Gasteiger partial charge on any atom is 0.335 e. The number of hydrogen-bond donors (Lipinski definition) is 3. The quantitative estimate of drug-likeness (QED) is 0.739. The Labute approximate surface area is 132 Å². The molecule has 1 aliphatic heterocycles. The van der Waals surface area contributed by atoms with Crippen molar-refractivity contribution in [2.24, 2.45) is 0 Å². The second kappa shape index (κ2) is 6.43. The monoisotopic (exact) mass is 376 g/mol. The number of nitrogens with one attached hydrogen (secondary N) is 2. The molecule has 0 spiro atoms. The van der Waals surface area contributed by atoms with Gasteiger partial charge in [-0.3, -0.25) is 0 Å². The van der Waals surface area contributed by atoms with E-state index >= 15 is 0 Å². The average Bonchev–Trinajstić information content (AvgIpc) is 2.41. The minimum atomic E-state index is -3.74. The summed E-state index contributed by atoms with van der Waals surface area (Å²) in [6.07, 6.45) is 1.44. The Morgan fingerprint density at radius 3 is 2.57 bits per heavy atom. The molecule has 1 aliphatic rings. The lowest BCUT2D eigenvalue weighted by Crippen LogP contribution is -2.42. The fourth-order valence-corrected chi connectivity index (χ4v) is 4.47. The summed E-state index contributed by atoms with van der Waals surface area (Å²) in [6.45, 7) is 3.18. The summed E-state index contributed by atoms with van der Waals surface area (Å²) in [6, 6.07) is 2.48. The number of piperidine rings is 1. The van der Waals surface area contributed by atoms with E-state index in [9.17, 15) is 13.2 Å². The first-order chi connectivity index (χ1) is 9.81. The van der Waals surface area contributed by atoms with Gasteiger partial charge in [0, 0.05) is 10.5 Å². The van der Waals surface area contributed by atoms with Crippen LogP contribution in [0.2, 0.25) is 0 Å². The third-order valence-corrected chi connectivity index (χ3v) is 5.96. The van der Waals surface area contributed by atoms with Crippen LogP contribution in [0.4, 0.5) is 0 Å². The first kappa shape index (κ1) is 16.4. The molecule has 0 unspecified atom stereocenters. The fraction of sp³-hybridized carbons (Fsp3) is 0.462. The molecule has 0 bridgehead atoms. The van der Waals surface area contributed by atoms with Crippen LogP contribution in [0.15, 0.2) is 21.5 Å². The van der Waals surface area contributed by atoms with E-state index in [1.54, 1.807) is 6.92 Å². The lowest BCUT2D eigenvalue weighted by Gasteiger charge is -2.24. The molecule has 1 heterocycles. The van der Waals surface area contributed by atoms with E-state index in [1.807, 2.05) is 0 Å². The van der Waals surface area contributed by atoms with Crippen LogP contribution in [0.3, 0.4) is 0 Å². The molecule has 6 nitrogen and oxygen atoms in total. The molecule has 8 heteroatoms. The summed E-state index contributed by atoms with van der Waals surface area (Å²) >= 11 is 3.22. The molecule has 1 aromatic carbocycles. The van der Waals surface area contributed by atoms with E-state index < -0.39 is 16.0 Å². The van der Waals surface area contributed by atoms with Crippen molar-refractivity contribution in [1.82, 2.24) is 10.0 Å². The molecule has 1 saturated heterocycles. The van der Waals surface area contributed by atoms with Crippen LogP contribution in [0, 0.1) is 6.92 Å². The summed E-state index contributed by atoms with van der Waals surface area (Å²) in [5.41, 5.74) is 0.444. The van der Waals surface area contributed by atoms with Crippen LogP contribution in [0.5, 0.6) is 0 Å². The number of carboxylic acids is 1. The van der Waals surface area contributed by atoms with Gasteiger partial charge in [0.25, 0.3) is 0 Å². The molecule has 0 amide bonds. The maximum atomic E-state index is 12.5. The van der Waals surface area contributed by atoms with Crippen molar-refractivity contribution in [2.75, 3.05) is 13.1 Å². The summed E-state index contributed by atoms with van der Waals surface area (Å²) in [7, 11) is -3.74. The standard InChI is InChI=1S/C13H17BrN2O4S/c1-8-11(14)6-9(13(17)18)7-12(8)21(19,20)16-10-2-4-15-5-3-10/h6-7,10,15-16H,2-5H2,1H3,(H,17,18). The van der Waals surface area contributed by atoms with E-state index in [1.165, 1.54) is 12.1 Å². The molecule has 0 aliphatic carbocycles. The SMILES string of the molecule is Cc1c(Br)cc(C(=O)O)cc1S(=O)(=O)NC1CCNCC1. The largest absolute Gasteiger partial charge is 0.478 e. The Hall–Kier alpha value is -0.960. The summed E-state index contributed by atoms with van der Waals surface area (Å²) in [4.78, 5) is 11.1. The van der Waals surface area contributed by atoms with Crippen molar-refractivity contribution in [2.45, 2.75) is 30.7 Å². The second-order valence-corrected chi connectivity index (χ2v) is 7.57. The van der Waals surface area contributed by atoms with E-state index in [0.29, 0.717) is 10.0 Å². The van der Waals surface area contributed by atoms with Gasteiger partial charge in [0.05, 0.1) is 10.5 Å². The van der Waals surface area contributed by atoms with Crippen molar-refractivity contribution in [3.63, 3.8) is 0 Å². The first-order valence-corrected chi connectivity index (χ1v) is 8.85. The van der Waals surface area contributed by atoms with Crippen molar-refractivity contribution in [1.29, 1.82) is 0 Å². The van der Waals surface area contributed by atoms with Gasteiger partial charge in [0.1, 0.15) is 0 Å². The minimum Gasteiger partial charge on any atom is -0.478 e. The number of carboxylic acid groups (broad SMARTS) is 1. The Morgan fingerprint density at radius 2 is 2.00 bits per heavy atom. The van der Waals surface area contributed by atoms with Gasteiger partial charge in [0.2, 0.25) is 10.0 Å². The van der Waals surface area contributed by atoms with Gasteiger partial charge in [-0.15, -0.1) is 0 Å². The van der Waals surface area contributed by atoms with Crippen molar-refractivity contribution >= 4 is 31.9 Å². The Bertz CT molecular complexity index is 654. The van der Waals surface area contributed by atoms with Crippen LogP contribution >= 0.6 is 15.9 Å². The molecule has 116 valence electrons. The predicted octanol–water partition coefficient (Wildman–Crippen LogP) is 1.49. The Kier molecular flexibility index (Phi) is 5.03. The van der Waals surface area contributed by atoms with Crippen LogP contribution in [-0.4, -0.2) is 38.6 Å². The highest BCUT2D eigenvalue weighted by molar-refractivity contribution is 9.10. The number of hydrogen-bond acceptors (Lipinski definition) is 4. The third kappa shape index (κ3) is 3.82. The summed E-state index contributed by atoms with van der Waals surface area (Å²) < 4.78 is 28.1. The average molecular weight is 377 g/mol. The molecule has 21 heavy (non-hydrogen) atoms. The second-order valence-electron chi connectivity index (χ2n) is 5.03. The van der Waals surface area contributed by atoms with E-state index in [4.69, 9.17) is 5.11 Å². The number of rotatable bonds is 4. The highest BCUT2D eigenvalue weighted by Crippen LogP contribution is 2.26. The minimum absolute atomic E-state index is 0.00723. The van der Waals surface area contributed by atoms with E-state index in [0.717, 1.165) is 25.9 Å².